The predicted octanol–water partition coefficient (Wildman–Crippen LogP) is 2.80. The number of benzene rings is 1. The molecule has 3 aliphatic rings. The van der Waals surface area contributed by atoms with Crippen molar-refractivity contribution in [1.29, 1.82) is 0 Å². The van der Waals surface area contributed by atoms with Gasteiger partial charge in [-0.25, -0.2) is 4.99 Å². The van der Waals surface area contributed by atoms with E-state index in [1.807, 2.05) is 23.1 Å². The van der Waals surface area contributed by atoms with E-state index in [1.54, 1.807) is 4.90 Å². The molecule has 2 heterocycles. The molecule has 9 heteroatoms. The van der Waals surface area contributed by atoms with Gasteiger partial charge in [0, 0.05) is 18.0 Å². The maximum absolute atomic E-state index is 12.6. The highest BCUT2D eigenvalue weighted by atomic mass is 16.5. The van der Waals surface area contributed by atoms with Crippen LogP contribution in [0.4, 0.5) is 5.69 Å². The lowest BCUT2D eigenvalue weighted by molar-refractivity contribution is -0.146. The van der Waals surface area contributed by atoms with Crippen LogP contribution in [0.5, 0.6) is 5.75 Å². The van der Waals surface area contributed by atoms with Crippen molar-refractivity contribution >= 4 is 29.4 Å². The summed E-state index contributed by atoms with van der Waals surface area (Å²) in [6, 6.07) is 5.86. The Morgan fingerprint density at radius 2 is 1.94 bits per heavy atom. The van der Waals surface area contributed by atoms with Crippen LogP contribution in [-0.4, -0.2) is 64.4 Å². The number of carbonyl (C=O) groups is 3. The van der Waals surface area contributed by atoms with Crippen molar-refractivity contribution in [3.63, 3.8) is 0 Å². The maximum atomic E-state index is 12.6. The number of carboxylic acid groups (broad SMARTS) is 1. The zero-order valence-electron chi connectivity index (χ0n) is 18.9. The lowest BCUT2D eigenvalue weighted by atomic mass is 10.1. The molecular weight excluding hydrogens is 424 g/mol. The summed E-state index contributed by atoms with van der Waals surface area (Å²) < 4.78 is 6.02. The van der Waals surface area contributed by atoms with E-state index in [2.05, 4.69) is 10.3 Å². The van der Waals surface area contributed by atoms with E-state index in [0.717, 1.165) is 68.4 Å². The van der Waals surface area contributed by atoms with Gasteiger partial charge in [0.2, 0.25) is 17.8 Å². The number of rotatable bonds is 11. The van der Waals surface area contributed by atoms with Crippen LogP contribution >= 0.6 is 0 Å². The number of nitrogens with one attached hydrogen (secondary N) is 1. The van der Waals surface area contributed by atoms with Gasteiger partial charge in [0.1, 0.15) is 18.8 Å². The number of amides is 2. The van der Waals surface area contributed by atoms with Gasteiger partial charge in [-0.15, -0.1) is 0 Å². The van der Waals surface area contributed by atoms with E-state index >= 15 is 0 Å². The highest BCUT2D eigenvalue weighted by Gasteiger charge is 2.30. The van der Waals surface area contributed by atoms with Gasteiger partial charge < -0.3 is 19.6 Å². The van der Waals surface area contributed by atoms with E-state index in [0.29, 0.717) is 32.1 Å². The van der Waals surface area contributed by atoms with E-state index in [1.165, 1.54) is 0 Å². The van der Waals surface area contributed by atoms with Gasteiger partial charge in [0.05, 0.1) is 18.8 Å². The van der Waals surface area contributed by atoms with Crippen molar-refractivity contribution < 1.29 is 24.2 Å². The third-order valence-corrected chi connectivity index (χ3v) is 6.50. The molecule has 4 rings (SSSR count). The second-order valence-corrected chi connectivity index (χ2v) is 8.96. The normalized spacial score (nSPS) is 17.3. The third kappa shape index (κ3) is 5.83. The molecule has 2 fully saturated rings. The average Bonchev–Trinajstić information content (AvgIpc) is 3.43. The second kappa shape index (κ2) is 10.7. The Kier molecular flexibility index (Phi) is 7.47. The van der Waals surface area contributed by atoms with Crippen molar-refractivity contribution in [3.05, 3.63) is 23.8 Å². The van der Waals surface area contributed by atoms with Crippen molar-refractivity contribution in [2.75, 3.05) is 19.7 Å². The monoisotopic (exact) mass is 456 g/mol. The minimum atomic E-state index is -0.940. The molecule has 1 saturated heterocycles. The Balaban J connectivity index is 1.17. The number of carbonyl (C=O) groups excluding carboxylic acids is 2. The van der Waals surface area contributed by atoms with Crippen LogP contribution in [0.1, 0.15) is 63.4 Å². The molecular formula is C24H32N4O5. The van der Waals surface area contributed by atoms with Crippen LogP contribution in [-0.2, 0) is 20.9 Å². The summed E-state index contributed by atoms with van der Waals surface area (Å²) in [7, 11) is 0. The summed E-state index contributed by atoms with van der Waals surface area (Å²) in [5.74, 6) is 0.382. The summed E-state index contributed by atoms with van der Waals surface area (Å²) >= 11 is 0. The first-order valence-electron chi connectivity index (χ1n) is 11.9. The molecule has 0 aromatic heterocycles. The van der Waals surface area contributed by atoms with Crippen molar-refractivity contribution in [2.45, 2.75) is 70.4 Å². The van der Waals surface area contributed by atoms with Crippen molar-refractivity contribution in [1.82, 2.24) is 15.1 Å². The molecule has 1 saturated carbocycles. The molecule has 0 radical (unpaired) electrons. The van der Waals surface area contributed by atoms with E-state index in [4.69, 9.17) is 9.84 Å². The second-order valence-electron chi connectivity index (χ2n) is 8.96. The number of aliphatic carboxylic acids is 1. The molecule has 2 aliphatic heterocycles. The Hall–Kier alpha value is -3.10. The SMILES string of the molecule is O=C(O)CN(C(=O)CCCCCCOc1cccc2c1CN1CC(=O)NC1=N2)C1CCCC1. The molecule has 0 spiro atoms. The van der Waals surface area contributed by atoms with E-state index in [-0.39, 0.29) is 24.4 Å². The first kappa shape index (κ1) is 23.1. The standard InChI is InChI=1S/C24H32N4O5/c29-21-15-27-14-18-19(25-24(27)26-21)10-7-11-20(18)33-13-6-2-1-3-12-22(30)28(16-23(31)32)17-8-4-5-9-17/h7,10-11,17H,1-6,8-9,12-16H2,(H,31,32)(H,25,26,29). The molecule has 0 unspecified atom stereocenters. The fourth-order valence-corrected chi connectivity index (χ4v) is 4.82. The highest BCUT2D eigenvalue weighted by molar-refractivity contribution is 6.05. The van der Waals surface area contributed by atoms with Gasteiger partial charge in [0.25, 0.3) is 0 Å². The minimum absolute atomic E-state index is 0.0359. The summed E-state index contributed by atoms with van der Waals surface area (Å²) in [4.78, 5) is 43.4. The number of aliphatic imine (C=N–C) groups is 1. The number of guanidine groups is 1. The van der Waals surface area contributed by atoms with Crippen LogP contribution in [0.15, 0.2) is 23.2 Å². The largest absolute Gasteiger partial charge is 0.493 e. The Bertz CT molecular complexity index is 925. The zero-order chi connectivity index (χ0) is 23.2. The smallest absolute Gasteiger partial charge is 0.323 e. The number of ether oxygens (including phenoxy) is 1. The van der Waals surface area contributed by atoms with Crippen LogP contribution in [0, 0.1) is 0 Å². The lowest BCUT2D eigenvalue weighted by Gasteiger charge is -2.27. The highest BCUT2D eigenvalue weighted by Crippen LogP contribution is 2.34. The molecule has 9 nitrogen and oxygen atoms in total. The number of hydrogen-bond donors (Lipinski definition) is 2. The van der Waals surface area contributed by atoms with Gasteiger partial charge in [-0.1, -0.05) is 31.7 Å². The number of carboxylic acids is 1. The zero-order valence-corrected chi connectivity index (χ0v) is 18.9. The Morgan fingerprint density at radius 3 is 2.73 bits per heavy atom. The van der Waals surface area contributed by atoms with E-state index < -0.39 is 5.97 Å². The Labute approximate surface area is 193 Å². The fourth-order valence-electron chi connectivity index (χ4n) is 4.82. The molecule has 0 atom stereocenters. The van der Waals surface area contributed by atoms with Gasteiger partial charge in [-0.05, 0) is 37.8 Å². The van der Waals surface area contributed by atoms with Gasteiger partial charge in [0.15, 0.2) is 0 Å². The molecule has 33 heavy (non-hydrogen) atoms. The molecule has 2 amide bonds. The molecule has 178 valence electrons. The fraction of sp³-hybridized carbons (Fsp3) is 0.583. The molecule has 1 aliphatic carbocycles. The van der Waals surface area contributed by atoms with Crippen molar-refractivity contribution in [3.8, 4) is 5.75 Å². The number of unbranched alkanes of at least 4 members (excludes halogenated alkanes) is 3. The number of fused-ring (bicyclic) bond motifs is 2. The topological polar surface area (TPSA) is 112 Å². The van der Waals surface area contributed by atoms with Gasteiger partial charge >= 0.3 is 5.97 Å². The number of nitrogens with zero attached hydrogens (tertiary/aromatic N) is 3. The van der Waals surface area contributed by atoms with Gasteiger partial charge in [-0.2, -0.15) is 0 Å². The third-order valence-electron chi connectivity index (χ3n) is 6.50. The summed E-state index contributed by atoms with van der Waals surface area (Å²) in [6.45, 7) is 1.30. The van der Waals surface area contributed by atoms with Crippen LogP contribution in [0.25, 0.3) is 0 Å². The van der Waals surface area contributed by atoms with Crippen LogP contribution in [0.2, 0.25) is 0 Å². The molecule has 1 aromatic rings. The first-order chi connectivity index (χ1) is 16.0. The van der Waals surface area contributed by atoms with E-state index in [9.17, 15) is 14.4 Å². The van der Waals surface area contributed by atoms with Crippen LogP contribution < -0.4 is 10.1 Å². The summed E-state index contributed by atoms with van der Waals surface area (Å²) in [5, 5.41) is 11.9. The quantitative estimate of drug-likeness (QED) is 0.495. The predicted molar refractivity (Wildman–Crippen MR) is 122 cm³/mol. The minimum Gasteiger partial charge on any atom is -0.493 e. The summed E-state index contributed by atoms with van der Waals surface area (Å²) in [5.41, 5.74) is 1.82. The Morgan fingerprint density at radius 1 is 1.15 bits per heavy atom. The van der Waals surface area contributed by atoms with Gasteiger partial charge in [-0.3, -0.25) is 19.7 Å². The van der Waals surface area contributed by atoms with Crippen molar-refractivity contribution in [2.24, 2.45) is 4.99 Å². The molecule has 1 aromatic carbocycles. The van der Waals surface area contributed by atoms with Crippen LogP contribution in [0.3, 0.4) is 0 Å². The summed E-state index contributed by atoms with van der Waals surface area (Å²) in [6.07, 6.45) is 7.85. The average molecular weight is 457 g/mol. The molecule has 2 N–H and O–H groups in total. The molecule has 0 bridgehead atoms. The number of hydrogen-bond acceptors (Lipinski definition) is 6. The lowest BCUT2D eigenvalue weighted by Crippen LogP contribution is -2.42. The first-order valence-corrected chi connectivity index (χ1v) is 11.9. The maximum Gasteiger partial charge on any atom is 0.323 e.